The van der Waals surface area contributed by atoms with E-state index in [9.17, 15) is 14.7 Å². The number of nitrogens with zero attached hydrogens (tertiary/aromatic N) is 1. The van der Waals surface area contributed by atoms with Gasteiger partial charge in [-0.1, -0.05) is 18.2 Å². The lowest BCUT2D eigenvalue weighted by Gasteiger charge is -2.10. The molecule has 0 radical (unpaired) electrons. The zero-order valence-corrected chi connectivity index (χ0v) is 15.6. The van der Waals surface area contributed by atoms with Gasteiger partial charge in [-0.15, -0.1) is 0 Å². The third-order valence-electron chi connectivity index (χ3n) is 4.04. The smallest absolute Gasteiger partial charge is 0.339 e. The van der Waals surface area contributed by atoms with Crippen molar-refractivity contribution < 1.29 is 23.8 Å². The molecule has 0 saturated carbocycles. The van der Waals surface area contributed by atoms with Gasteiger partial charge in [0.15, 0.2) is 0 Å². The molecule has 1 heterocycles. The normalized spacial score (nSPS) is 10.5. The van der Waals surface area contributed by atoms with Gasteiger partial charge >= 0.3 is 5.97 Å². The summed E-state index contributed by atoms with van der Waals surface area (Å²) in [6.45, 7) is 3.84. The van der Waals surface area contributed by atoms with Crippen molar-refractivity contribution in [1.82, 2.24) is 4.98 Å². The van der Waals surface area contributed by atoms with E-state index in [1.54, 1.807) is 13.8 Å². The highest BCUT2D eigenvalue weighted by Crippen LogP contribution is 2.25. The third kappa shape index (κ3) is 4.37. The average molecular weight is 380 g/mol. The molecule has 0 aliphatic rings. The minimum atomic E-state index is -1.09. The first-order valence-corrected chi connectivity index (χ1v) is 8.79. The second-order valence-corrected chi connectivity index (χ2v) is 6.06. The molecule has 2 aromatic carbocycles. The van der Waals surface area contributed by atoms with Crippen molar-refractivity contribution >= 4 is 17.6 Å². The van der Waals surface area contributed by atoms with Gasteiger partial charge in [0.25, 0.3) is 0 Å². The van der Waals surface area contributed by atoms with E-state index >= 15 is 0 Å². The van der Waals surface area contributed by atoms with Gasteiger partial charge in [0.1, 0.15) is 17.1 Å². The SMILES string of the molecule is CCOc1cc(NC(=O)Cc2nc(-c3ccccc3)oc2C)ccc1C(=O)O. The third-order valence-corrected chi connectivity index (χ3v) is 4.04. The van der Waals surface area contributed by atoms with Crippen LogP contribution in [0.1, 0.15) is 28.7 Å². The van der Waals surface area contributed by atoms with Crippen LogP contribution in [0.5, 0.6) is 5.75 Å². The summed E-state index contributed by atoms with van der Waals surface area (Å²) in [7, 11) is 0. The van der Waals surface area contributed by atoms with Gasteiger partial charge in [0.2, 0.25) is 11.8 Å². The lowest BCUT2D eigenvalue weighted by Crippen LogP contribution is -2.15. The van der Waals surface area contributed by atoms with Crippen molar-refractivity contribution in [3.8, 4) is 17.2 Å². The number of oxazole rings is 1. The summed E-state index contributed by atoms with van der Waals surface area (Å²) in [5.41, 5.74) is 1.87. The number of carboxylic acids is 1. The molecular formula is C21H20N2O5. The molecule has 0 saturated heterocycles. The summed E-state index contributed by atoms with van der Waals surface area (Å²) >= 11 is 0. The molecule has 0 aliphatic carbocycles. The Balaban J connectivity index is 1.73. The Labute approximate surface area is 162 Å². The molecule has 0 fully saturated rings. The summed E-state index contributed by atoms with van der Waals surface area (Å²) in [6, 6.07) is 13.9. The standard InChI is InChI=1S/C21H20N2O5/c1-3-27-18-11-15(9-10-16(18)21(25)26)22-19(24)12-17-13(2)28-20(23-17)14-7-5-4-6-8-14/h4-11H,3,12H2,1-2H3,(H,22,24)(H,25,26). The van der Waals surface area contributed by atoms with Crippen LogP contribution in [0.3, 0.4) is 0 Å². The summed E-state index contributed by atoms with van der Waals surface area (Å²) in [6.07, 6.45) is 0.0345. The molecule has 28 heavy (non-hydrogen) atoms. The first-order valence-electron chi connectivity index (χ1n) is 8.79. The highest BCUT2D eigenvalue weighted by atomic mass is 16.5. The van der Waals surface area contributed by atoms with Crippen molar-refractivity contribution in [2.45, 2.75) is 20.3 Å². The number of carbonyl (C=O) groups is 2. The fourth-order valence-electron chi connectivity index (χ4n) is 2.71. The Morgan fingerprint density at radius 2 is 1.93 bits per heavy atom. The second kappa shape index (κ2) is 8.39. The number of hydrogen-bond acceptors (Lipinski definition) is 5. The molecule has 0 bridgehead atoms. The zero-order valence-electron chi connectivity index (χ0n) is 15.6. The van der Waals surface area contributed by atoms with Crippen LogP contribution in [-0.2, 0) is 11.2 Å². The van der Waals surface area contributed by atoms with Crippen LogP contribution < -0.4 is 10.1 Å². The molecule has 7 heteroatoms. The number of amides is 1. The molecule has 0 unspecified atom stereocenters. The van der Waals surface area contributed by atoms with E-state index in [1.807, 2.05) is 30.3 Å². The maximum absolute atomic E-state index is 12.4. The molecule has 3 aromatic rings. The summed E-state index contributed by atoms with van der Waals surface area (Å²) in [5.74, 6) is -0.137. The van der Waals surface area contributed by atoms with Crippen LogP contribution in [0.2, 0.25) is 0 Å². The molecule has 0 aliphatic heterocycles. The number of aromatic nitrogens is 1. The number of rotatable bonds is 7. The Morgan fingerprint density at radius 3 is 2.61 bits per heavy atom. The van der Waals surface area contributed by atoms with Gasteiger partial charge in [-0.05, 0) is 38.1 Å². The number of aromatic carboxylic acids is 1. The Morgan fingerprint density at radius 1 is 1.18 bits per heavy atom. The average Bonchev–Trinajstić information content (AvgIpc) is 3.03. The lowest BCUT2D eigenvalue weighted by molar-refractivity contribution is -0.115. The number of aryl methyl sites for hydroxylation is 1. The predicted octanol–water partition coefficient (Wildman–Crippen LogP) is 3.93. The Kier molecular flexibility index (Phi) is 5.74. The van der Waals surface area contributed by atoms with Crippen LogP contribution in [0.25, 0.3) is 11.5 Å². The van der Waals surface area contributed by atoms with Crippen LogP contribution in [0, 0.1) is 6.92 Å². The minimum absolute atomic E-state index is 0.0345. The number of ether oxygens (including phenoxy) is 1. The van der Waals surface area contributed by atoms with E-state index < -0.39 is 5.97 Å². The number of hydrogen-bond donors (Lipinski definition) is 2. The molecule has 7 nitrogen and oxygen atoms in total. The highest BCUT2D eigenvalue weighted by Gasteiger charge is 2.16. The number of benzene rings is 2. The van der Waals surface area contributed by atoms with Crippen LogP contribution in [-0.4, -0.2) is 28.6 Å². The summed E-state index contributed by atoms with van der Waals surface area (Å²) < 4.78 is 11.0. The molecule has 3 rings (SSSR count). The van der Waals surface area contributed by atoms with Crippen molar-refractivity contribution in [1.29, 1.82) is 0 Å². The fraction of sp³-hybridized carbons (Fsp3) is 0.190. The predicted molar refractivity (Wildman–Crippen MR) is 104 cm³/mol. The molecule has 0 atom stereocenters. The maximum Gasteiger partial charge on any atom is 0.339 e. The van der Waals surface area contributed by atoms with E-state index in [0.717, 1.165) is 5.56 Å². The molecular weight excluding hydrogens is 360 g/mol. The maximum atomic E-state index is 12.4. The van der Waals surface area contributed by atoms with Crippen molar-refractivity contribution in [2.24, 2.45) is 0 Å². The summed E-state index contributed by atoms with van der Waals surface area (Å²) in [5, 5.41) is 11.9. The lowest BCUT2D eigenvalue weighted by atomic mass is 10.1. The second-order valence-electron chi connectivity index (χ2n) is 6.06. The fourth-order valence-corrected chi connectivity index (χ4v) is 2.71. The van der Waals surface area contributed by atoms with Gasteiger partial charge in [0.05, 0.1) is 18.7 Å². The number of anilines is 1. The van der Waals surface area contributed by atoms with Gasteiger partial charge in [-0.3, -0.25) is 4.79 Å². The van der Waals surface area contributed by atoms with E-state index in [1.165, 1.54) is 18.2 Å². The first-order chi connectivity index (χ1) is 13.5. The van der Waals surface area contributed by atoms with Gasteiger partial charge in [0, 0.05) is 17.3 Å². The van der Waals surface area contributed by atoms with Gasteiger partial charge in [-0.25, -0.2) is 9.78 Å². The molecule has 1 amide bonds. The topological polar surface area (TPSA) is 102 Å². The van der Waals surface area contributed by atoms with Crippen LogP contribution >= 0.6 is 0 Å². The quantitative estimate of drug-likeness (QED) is 0.644. The van der Waals surface area contributed by atoms with Crippen LogP contribution in [0.4, 0.5) is 5.69 Å². The van der Waals surface area contributed by atoms with E-state index in [-0.39, 0.29) is 23.6 Å². The Hall–Kier alpha value is -3.61. The Bertz CT molecular complexity index is 995. The van der Waals surface area contributed by atoms with E-state index in [2.05, 4.69) is 10.3 Å². The van der Waals surface area contributed by atoms with E-state index in [4.69, 9.17) is 9.15 Å². The van der Waals surface area contributed by atoms with Gasteiger partial charge in [-0.2, -0.15) is 0 Å². The molecule has 144 valence electrons. The molecule has 1 aromatic heterocycles. The van der Waals surface area contributed by atoms with Gasteiger partial charge < -0.3 is 19.6 Å². The van der Waals surface area contributed by atoms with Crippen molar-refractivity contribution in [3.05, 3.63) is 65.5 Å². The number of nitrogens with one attached hydrogen (secondary N) is 1. The monoisotopic (exact) mass is 380 g/mol. The van der Waals surface area contributed by atoms with Crippen LogP contribution in [0.15, 0.2) is 52.9 Å². The van der Waals surface area contributed by atoms with E-state index in [0.29, 0.717) is 29.6 Å². The number of carboxylic acid groups (broad SMARTS) is 1. The van der Waals surface area contributed by atoms with Crippen molar-refractivity contribution in [3.63, 3.8) is 0 Å². The largest absolute Gasteiger partial charge is 0.493 e. The first kappa shape index (κ1) is 19.2. The number of carbonyl (C=O) groups excluding carboxylic acids is 1. The highest BCUT2D eigenvalue weighted by molar-refractivity contribution is 5.95. The molecule has 0 spiro atoms. The van der Waals surface area contributed by atoms with Crippen molar-refractivity contribution in [2.75, 3.05) is 11.9 Å². The summed E-state index contributed by atoms with van der Waals surface area (Å²) in [4.78, 5) is 28.1. The molecule has 2 N–H and O–H groups in total. The minimum Gasteiger partial charge on any atom is -0.493 e. The zero-order chi connectivity index (χ0) is 20.1.